The van der Waals surface area contributed by atoms with Gasteiger partial charge in [-0.2, -0.15) is 5.26 Å². The molecule has 1 aromatic heterocycles. The minimum absolute atomic E-state index is 0.0686. The number of carbonyl (C=O) groups excluding carboxylic acids is 1. The minimum atomic E-state index is -0.396. The van der Waals surface area contributed by atoms with Crippen LogP contribution < -0.4 is 10.6 Å². The Kier molecular flexibility index (Phi) is 7.91. The van der Waals surface area contributed by atoms with Crippen LogP contribution >= 0.6 is 0 Å². The van der Waals surface area contributed by atoms with E-state index < -0.39 is 6.04 Å². The van der Waals surface area contributed by atoms with Crippen LogP contribution in [0, 0.1) is 11.3 Å². The predicted molar refractivity (Wildman–Crippen MR) is 130 cm³/mol. The van der Waals surface area contributed by atoms with Gasteiger partial charge in [-0.1, -0.05) is 30.3 Å². The number of ether oxygens (including phenoxy) is 1. The fourth-order valence-electron chi connectivity index (χ4n) is 4.10. The Morgan fingerprint density at radius 2 is 1.88 bits per heavy atom. The van der Waals surface area contributed by atoms with Gasteiger partial charge in [0.05, 0.1) is 42.9 Å². The minimum Gasteiger partial charge on any atom is -0.378 e. The number of imidazole rings is 1. The number of morpholine rings is 1. The largest absolute Gasteiger partial charge is 0.378 e. The zero-order chi connectivity index (χ0) is 23.8. The molecule has 0 saturated carbocycles. The molecule has 0 radical (unpaired) electrons. The van der Waals surface area contributed by atoms with Crippen molar-refractivity contribution in [2.45, 2.75) is 25.6 Å². The molecule has 176 valence electrons. The molecule has 1 unspecified atom stereocenters. The lowest BCUT2D eigenvalue weighted by Gasteiger charge is -2.31. The highest BCUT2D eigenvalue weighted by atomic mass is 16.5. The first kappa shape index (κ1) is 23.5. The number of nitriles is 1. The predicted octanol–water partition coefficient (Wildman–Crippen LogP) is 2.79. The number of hydrogen-bond donors (Lipinski definition) is 2. The summed E-state index contributed by atoms with van der Waals surface area (Å²) in [5.74, 6) is 0.0686. The Bertz CT molecular complexity index is 1100. The Balaban J connectivity index is 1.41. The molecule has 8 nitrogen and oxygen atoms in total. The van der Waals surface area contributed by atoms with Gasteiger partial charge in [0.25, 0.3) is 0 Å². The van der Waals surface area contributed by atoms with E-state index >= 15 is 0 Å². The van der Waals surface area contributed by atoms with Crippen molar-refractivity contribution in [2.75, 3.05) is 38.2 Å². The first-order valence-electron chi connectivity index (χ1n) is 11.6. The normalized spacial score (nSPS) is 15.4. The van der Waals surface area contributed by atoms with Gasteiger partial charge in [0.1, 0.15) is 6.04 Å². The Morgan fingerprint density at radius 3 is 2.59 bits per heavy atom. The Morgan fingerprint density at radius 1 is 1.15 bits per heavy atom. The molecule has 2 aromatic carbocycles. The first-order valence-corrected chi connectivity index (χ1v) is 11.6. The number of amides is 1. The molecular formula is C26H30N6O2. The second kappa shape index (κ2) is 11.5. The highest BCUT2D eigenvalue weighted by Crippen LogP contribution is 2.20. The van der Waals surface area contributed by atoms with Gasteiger partial charge in [0, 0.05) is 38.1 Å². The molecule has 1 amide bonds. The molecular weight excluding hydrogens is 428 g/mol. The van der Waals surface area contributed by atoms with E-state index in [1.165, 1.54) is 0 Å². The van der Waals surface area contributed by atoms with E-state index in [1.807, 2.05) is 72.0 Å². The zero-order valence-electron chi connectivity index (χ0n) is 19.4. The van der Waals surface area contributed by atoms with Crippen molar-refractivity contribution < 1.29 is 9.53 Å². The van der Waals surface area contributed by atoms with Crippen LogP contribution in [0.15, 0.2) is 67.1 Å². The van der Waals surface area contributed by atoms with Crippen LogP contribution in [0.3, 0.4) is 0 Å². The van der Waals surface area contributed by atoms with Crippen molar-refractivity contribution in [1.82, 2.24) is 19.8 Å². The van der Waals surface area contributed by atoms with Gasteiger partial charge in [-0.3, -0.25) is 4.79 Å². The fourth-order valence-corrected chi connectivity index (χ4v) is 4.10. The molecule has 1 aliphatic heterocycles. The van der Waals surface area contributed by atoms with E-state index in [9.17, 15) is 4.79 Å². The number of nitrogens with one attached hydrogen (secondary N) is 2. The maximum Gasteiger partial charge on any atom is 0.246 e. The molecule has 2 heterocycles. The monoisotopic (exact) mass is 458 g/mol. The third-order valence-electron chi connectivity index (χ3n) is 6.08. The maximum absolute atomic E-state index is 13.2. The Hall–Kier alpha value is -3.67. The average molecular weight is 459 g/mol. The van der Waals surface area contributed by atoms with Crippen molar-refractivity contribution >= 4 is 11.6 Å². The summed E-state index contributed by atoms with van der Waals surface area (Å²) >= 11 is 0. The molecule has 2 N–H and O–H groups in total. The van der Waals surface area contributed by atoms with Crippen LogP contribution in [-0.4, -0.2) is 59.2 Å². The van der Waals surface area contributed by atoms with Gasteiger partial charge in [0.15, 0.2) is 0 Å². The van der Waals surface area contributed by atoms with Crippen LogP contribution in [0.4, 0.5) is 5.69 Å². The summed E-state index contributed by atoms with van der Waals surface area (Å²) in [5.41, 5.74) is 3.68. The second-order valence-electron chi connectivity index (χ2n) is 8.33. The number of aromatic nitrogens is 2. The zero-order valence-corrected chi connectivity index (χ0v) is 19.4. The van der Waals surface area contributed by atoms with E-state index in [-0.39, 0.29) is 11.9 Å². The van der Waals surface area contributed by atoms with Gasteiger partial charge in [0.2, 0.25) is 5.91 Å². The Labute approximate surface area is 200 Å². The van der Waals surface area contributed by atoms with Crippen molar-refractivity contribution in [3.63, 3.8) is 0 Å². The molecule has 3 aromatic rings. The molecule has 1 aliphatic rings. The molecule has 0 spiro atoms. The smallest absolute Gasteiger partial charge is 0.246 e. The fraction of sp³-hybridized carbons (Fsp3) is 0.346. The molecule has 0 aliphatic carbocycles. The number of hydrogen-bond acceptors (Lipinski definition) is 6. The lowest BCUT2D eigenvalue weighted by molar-refractivity contribution is -0.136. The van der Waals surface area contributed by atoms with E-state index in [0.717, 1.165) is 16.9 Å². The van der Waals surface area contributed by atoms with E-state index in [4.69, 9.17) is 10.00 Å². The summed E-state index contributed by atoms with van der Waals surface area (Å²) < 4.78 is 7.52. The quantitative estimate of drug-likeness (QED) is 0.512. The topological polar surface area (TPSA) is 95.2 Å². The van der Waals surface area contributed by atoms with Gasteiger partial charge < -0.3 is 24.8 Å². The summed E-state index contributed by atoms with van der Waals surface area (Å²) in [6.45, 7) is 5.52. The summed E-state index contributed by atoms with van der Waals surface area (Å²) in [6, 6.07) is 19.2. The van der Waals surface area contributed by atoms with Gasteiger partial charge in [-0.25, -0.2) is 4.98 Å². The number of benzene rings is 2. The van der Waals surface area contributed by atoms with Crippen LogP contribution in [0.2, 0.25) is 0 Å². The van der Waals surface area contributed by atoms with Gasteiger partial charge in [-0.15, -0.1) is 0 Å². The lowest BCUT2D eigenvalue weighted by atomic mass is 10.1. The van der Waals surface area contributed by atoms with Crippen molar-refractivity contribution in [3.8, 4) is 6.07 Å². The van der Waals surface area contributed by atoms with Crippen molar-refractivity contribution in [3.05, 3.63) is 83.9 Å². The summed E-state index contributed by atoms with van der Waals surface area (Å²) in [4.78, 5) is 19.4. The van der Waals surface area contributed by atoms with Gasteiger partial charge >= 0.3 is 0 Å². The van der Waals surface area contributed by atoms with Crippen LogP contribution in [0.1, 0.15) is 29.8 Å². The van der Waals surface area contributed by atoms with Crippen molar-refractivity contribution in [2.24, 2.45) is 0 Å². The maximum atomic E-state index is 13.2. The summed E-state index contributed by atoms with van der Waals surface area (Å²) in [7, 11) is 0. The molecule has 34 heavy (non-hydrogen) atoms. The van der Waals surface area contributed by atoms with E-state index in [0.29, 0.717) is 45.0 Å². The van der Waals surface area contributed by atoms with Crippen molar-refractivity contribution in [1.29, 1.82) is 5.26 Å². The highest BCUT2D eigenvalue weighted by molar-refractivity contribution is 5.85. The van der Waals surface area contributed by atoms with Crippen LogP contribution in [0.25, 0.3) is 0 Å². The number of para-hydroxylation sites is 1. The number of rotatable bonds is 9. The number of anilines is 1. The average Bonchev–Trinajstić information content (AvgIpc) is 3.37. The first-order chi connectivity index (χ1) is 16.7. The number of nitrogens with zero attached hydrogens (tertiary/aromatic N) is 4. The summed E-state index contributed by atoms with van der Waals surface area (Å²) in [6.07, 6.45) is 3.66. The van der Waals surface area contributed by atoms with Crippen LogP contribution in [0.5, 0.6) is 0 Å². The molecule has 2 atom stereocenters. The SMILES string of the molecule is C[C@H](c1ccc(C#N)cc1)n1cncc1CNCC(Nc1ccccc1)C(=O)N1CCOCC1. The summed E-state index contributed by atoms with van der Waals surface area (Å²) in [5, 5.41) is 15.9. The molecule has 4 rings (SSSR count). The molecule has 1 fully saturated rings. The number of carbonyl (C=O) groups is 1. The second-order valence-corrected chi connectivity index (χ2v) is 8.33. The standard InChI is InChI=1S/C26H30N6O2/c1-20(22-9-7-21(15-27)8-10-22)32-19-29-17-24(32)16-28-18-25(30-23-5-3-2-4-6-23)26(33)31-11-13-34-14-12-31/h2-10,17,19-20,25,28,30H,11-14,16,18H2,1H3/t20-,25?/m1/s1. The van der Waals surface area contributed by atoms with Gasteiger partial charge in [-0.05, 0) is 36.8 Å². The highest BCUT2D eigenvalue weighted by Gasteiger charge is 2.25. The third-order valence-corrected chi connectivity index (χ3v) is 6.08. The third kappa shape index (κ3) is 5.81. The van der Waals surface area contributed by atoms with E-state index in [2.05, 4.69) is 33.2 Å². The molecule has 0 bridgehead atoms. The van der Waals surface area contributed by atoms with E-state index in [1.54, 1.807) is 0 Å². The molecule has 8 heteroatoms. The lowest BCUT2D eigenvalue weighted by Crippen LogP contribution is -2.51. The van der Waals surface area contributed by atoms with Crippen LogP contribution in [-0.2, 0) is 16.1 Å². The molecule has 1 saturated heterocycles.